The number of amides is 1. The molecule has 0 bridgehead atoms. The van der Waals surface area contributed by atoms with Crippen LogP contribution in [-0.2, 0) is 9.53 Å². The zero-order chi connectivity index (χ0) is 15.7. The van der Waals surface area contributed by atoms with E-state index < -0.39 is 12.8 Å². The zero-order valence-electron chi connectivity index (χ0n) is 11.7. The van der Waals surface area contributed by atoms with Crippen molar-refractivity contribution in [2.75, 3.05) is 26.4 Å². The Kier molecular flexibility index (Phi) is 7.01. The Morgan fingerprint density at radius 1 is 1.29 bits per heavy atom. The van der Waals surface area contributed by atoms with Crippen LogP contribution in [-0.4, -0.2) is 38.4 Å². The summed E-state index contributed by atoms with van der Waals surface area (Å²) >= 11 is 0. The second-order valence-corrected chi connectivity index (χ2v) is 4.43. The van der Waals surface area contributed by atoms with E-state index in [2.05, 4.69) is 10.1 Å². The van der Waals surface area contributed by atoms with Gasteiger partial charge in [0.15, 0.2) is 0 Å². The molecule has 0 aliphatic rings. The molecule has 1 aromatic rings. The fourth-order valence-corrected chi connectivity index (χ4v) is 1.51. The summed E-state index contributed by atoms with van der Waals surface area (Å²) in [6.07, 6.45) is -4.47. The van der Waals surface area contributed by atoms with Crippen molar-refractivity contribution in [1.82, 2.24) is 5.32 Å². The first-order valence-electron chi connectivity index (χ1n) is 6.47. The van der Waals surface area contributed by atoms with Crippen LogP contribution in [0.3, 0.4) is 0 Å². The third-order valence-corrected chi connectivity index (χ3v) is 2.42. The lowest BCUT2D eigenvalue weighted by atomic mass is 10.2. The predicted octanol–water partition coefficient (Wildman–Crippen LogP) is 2.46. The maximum atomic E-state index is 11.8. The van der Waals surface area contributed by atoms with Crippen LogP contribution in [0.4, 0.5) is 13.2 Å². The summed E-state index contributed by atoms with van der Waals surface area (Å²) in [7, 11) is 0. The molecule has 4 nitrogen and oxygen atoms in total. The van der Waals surface area contributed by atoms with Gasteiger partial charge in [-0.15, -0.1) is 0 Å². The Morgan fingerprint density at radius 2 is 2.05 bits per heavy atom. The summed E-state index contributed by atoms with van der Waals surface area (Å²) < 4.78 is 45.1. The summed E-state index contributed by atoms with van der Waals surface area (Å²) in [5.41, 5.74) is 1.07. The Hall–Kier alpha value is -1.76. The first-order valence-corrected chi connectivity index (χ1v) is 6.47. The van der Waals surface area contributed by atoms with Crippen LogP contribution in [0.2, 0.25) is 0 Å². The molecule has 0 aromatic heterocycles. The van der Waals surface area contributed by atoms with Crippen molar-refractivity contribution >= 4 is 5.91 Å². The molecule has 21 heavy (non-hydrogen) atoms. The van der Waals surface area contributed by atoms with Gasteiger partial charge in [-0.25, -0.2) is 0 Å². The molecule has 0 radical (unpaired) electrons. The molecule has 7 heteroatoms. The quantitative estimate of drug-likeness (QED) is 0.751. The lowest BCUT2D eigenvalue weighted by molar-refractivity contribution is -0.174. The third kappa shape index (κ3) is 8.91. The molecule has 1 amide bonds. The highest BCUT2D eigenvalue weighted by molar-refractivity contribution is 5.75. The van der Waals surface area contributed by atoms with Crippen LogP contribution in [0.1, 0.15) is 12.0 Å². The van der Waals surface area contributed by atoms with E-state index in [4.69, 9.17) is 4.74 Å². The fourth-order valence-electron chi connectivity index (χ4n) is 1.51. The second-order valence-electron chi connectivity index (χ2n) is 4.43. The Labute approximate surface area is 121 Å². The highest BCUT2D eigenvalue weighted by Gasteiger charge is 2.27. The first-order chi connectivity index (χ1) is 9.87. The van der Waals surface area contributed by atoms with Crippen LogP contribution < -0.4 is 10.1 Å². The van der Waals surface area contributed by atoms with Crippen LogP contribution in [0.25, 0.3) is 0 Å². The maximum absolute atomic E-state index is 11.8. The number of ether oxygens (including phenoxy) is 2. The van der Waals surface area contributed by atoms with Crippen molar-refractivity contribution in [1.29, 1.82) is 0 Å². The largest absolute Gasteiger partial charge is 0.492 e. The van der Waals surface area contributed by atoms with Gasteiger partial charge in [-0.05, 0) is 24.6 Å². The van der Waals surface area contributed by atoms with Gasteiger partial charge < -0.3 is 14.8 Å². The van der Waals surface area contributed by atoms with Gasteiger partial charge in [0.2, 0.25) is 5.91 Å². The number of hydrogen-bond donors (Lipinski definition) is 1. The third-order valence-electron chi connectivity index (χ3n) is 2.42. The van der Waals surface area contributed by atoms with E-state index in [0.717, 1.165) is 5.56 Å². The molecule has 0 aliphatic carbocycles. The Morgan fingerprint density at radius 3 is 2.71 bits per heavy atom. The Balaban J connectivity index is 2.06. The van der Waals surface area contributed by atoms with Gasteiger partial charge in [0.25, 0.3) is 0 Å². The summed E-state index contributed by atoms with van der Waals surface area (Å²) in [4.78, 5) is 11.3. The molecular formula is C14H18F3NO3. The zero-order valence-corrected chi connectivity index (χ0v) is 11.7. The van der Waals surface area contributed by atoms with Gasteiger partial charge in [0.1, 0.15) is 19.0 Å². The van der Waals surface area contributed by atoms with E-state index in [1.807, 2.05) is 25.1 Å². The maximum Gasteiger partial charge on any atom is 0.411 e. The standard InChI is InChI=1S/C14H18F3NO3/c1-11-3-2-4-12(9-11)21-8-6-18-13(19)5-7-20-10-14(15,16)17/h2-4,9H,5-8,10H2,1H3,(H,18,19). The molecule has 118 valence electrons. The normalized spacial score (nSPS) is 11.2. The molecule has 1 N–H and O–H groups in total. The summed E-state index contributed by atoms with van der Waals surface area (Å²) in [5, 5.41) is 2.54. The number of halogens is 3. The van der Waals surface area contributed by atoms with E-state index in [9.17, 15) is 18.0 Å². The van der Waals surface area contributed by atoms with E-state index in [1.165, 1.54) is 0 Å². The molecule has 0 unspecified atom stereocenters. The molecule has 0 fully saturated rings. The van der Waals surface area contributed by atoms with Gasteiger partial charge in [0.05, 0.1) is 13.2 Å². The molecule has 0 spiro atoms. The molecule has 0 saturated carbocycles. The minimum atomic E-state index is -4.36. The van der Waals surface area contributed by atoms with E-state index in [-0.39, 0.29) is 25.5 Å². The van der Waals surface area contributed by atoms with Crippen LogP contribution in [0.15, 0.2) is 24.3 Å². The molecule has 0 saturated heterocycles. The summed E-state index contributed by atoms with van der Waals surface area (Å²) in [6.45, 7) is 0.918. The second kappa shape index (κ2) is 8.51. The van der Waals surface area contributed by atoms with Crippen molar-refractivity contribution in [3.8, 4) is 5.75 Å². The van der Waals surface area contributed by atoms with Gasteiger partial charge >= 0.3 is 6.18 Å². The summed E-state index contributed by atoms with van der Waals surface area (Å²) in [5.74, 6) is 0.336. The number of benzene rings is 1. The average Bonchev–Trinajstić information content (AvgIpc) is 2.39. The van der Waals surface area contributed by atoms with E-state index in [0.29, 0.717) is 12.4 Å². The highest BCUT2D eigenvalue weighted by atomic mass is 19.4. The number of aryl methyl sites for hydroxylation is 1. The van der Waals surface area contributed by atoms with Crippen LogP contribution >= 0.6 is 0 Å². The lowest BCUT2D eigenvalue weighted by Crippen LogP contribution is -2.29. The highest BCUT2D eigenvalue weighted by Crippen LogP contribution is 2.14. The minimum Gasteiger partial charge on any atom is -0.492 e. The average molecular weight is 305 g/mol. The molecule has 0 aliphatic heterocycles. The van der Waals surface area contributed by atoms with Gasteiger partial charge in [-0.1, -0.05) is 12.1 Å². The van der Waals surface area contributed by atoms with Crippen molar-refractivity contribution in [2.24, 2.45) is 0 Å². The number of carbonyl (C=O) groups is 1. The van der Waals surface area contributed by atoms with Gasteiger partial charge in [-0.3, -0.25) is 4.79 Å². The molecular weight excluding hydrogens is 287 g/mol. The van der Waals surface area contributed by atoms with E-state index in [1.54, 1.807) is 6.07 Å². The number of alkyl halides is 3. The van der Waals surface area contributed by atoms with Gasteiger partial charge in [-0.2, -0.15) is 13.2 Å². The first kappa shape index (κ1) is 17.3. The molecule has 1 rings (SSSR count). The van der Waals surface area contributed by atoms with E-state index >= 15 is 0 Å². The van der Waals surface area contributed by atoms with Crippen molar-refractivity contribution in [2.45, 2.75) is 19.5 Å². The smallest absolute Gasteiger partial charge is 0.411 e. The number of hydrogen-bond acceptors (Lipinski definition) is 3. The van der Waals surface area contributed by atoms with Crippen molar-refractivity contribution < 1.29 is 27.4 Å². The molecule has 0 atom stereocenters. The Bertz CT molecular complexity index is 449. The number of nitrogens with one attached hydrogen (secondary N) is 1. The molecule has 1 aromatic carbocycles. The SMILES string of the molecule is Cc1cccc(OCCNC(=O)CCOCC(F)(F)F)c1. The lowest BCUT2D eigenvalue weighted by Gasteiger charge is -2.09. The van der Waals surface area contributed by atoms with Crippen molar-refractivity contribution in [3.63, 3.8) is 0 Å². The fraction of sp³-hybridized carbons (Fsp3) is 0.500. The molecule has 0 heterocycles. The van der Waals surface area contributed by atoms with Crippen LogP contribution in [0.5, 0.6) is 5.75 Å². The minimum absolute atomic E-state index is 0.111. The van der Waals surface area contributed by atoms with Crippen molar-refractivity contribution in [3.05, 3.63) is 29.8 Å². The summed E-state index contributed by atoms with van der Waals surface area (Å²) in [6, 6.07) is 7.48. The topological polar surface area (TPSA) is 47.6 Å². The number of rotatable bonds is 8. The van der Waals surface area contributed by atoms with Crippen LogP contribution in [0, 0.1) is 6.92 Å². The predicted molar refractivity (Wildman–Crippen MR) is 71.2 cm³/mol. The monoisotopic (exact) mass is 305 g/mol. The number of carbonyl (C=O) groups excluding carboxylic acids is 1. The van der Waals surface area contributed by atoms with Gasteiger partial charge in [0, 0.05) is 6.42 Å².